The first-order chi connectivity index (χ1) is 15.6. The predicted octanol–water partition coefficient (Wildman–Crippen LogP) is 7.99. The quantitative estimate of drug-likeness (QED) is 0.128. The van der Waals surface area contributed by atoms with Crippen molar-refractivity contribution in [3.8, 4) is 5.75 Å². The lowest BCUT2D eigenvalue weighted by Crippen LogP contribution is -2.29. The van der Waals surface area contributed by atoms with Gasteiger partial charge in [-0.1, -0.05) is 103 Å². The molecule has 0 unspecified atom stereocenters. The van der Waals surface area contributed by atoms with Crippen molar-refractivity contribution < 1.29 is 14.3 Å². The standard InChI is InChI=1S/C27H46N2O3/c1-3-4-5-6-7-8-9-10-11-12-13-14-15-16-17-18-23-28-27(31)29-25-19-21-26(22-20-25)32-24(2)30/h19-22H,3-18,23H2,1-2H3,(H2,28,29,31). The Bertz CT molecular complexity index is 601. The van der Waals surface area contributed by atoms with Gasteiger partial charge in [-0.15, -0.1) is 0 Å². The largest absolute Gasteiger partial charge is 0.427 e. The van der Waals surface area contributed by atoms with Gasteiger partial charge in [0, 0.05) is 19.2 Å². The summed E-state index contributed by atoms with van der Waals surface area (Å²) in [6, 6.07) is 6.55. The third-order valence-electron chi connectivity index (χ3n) is 5.69. The second-order valence-electron chi connectivity index (χ2n) is 8.80. The van der Waals surface area contributed by atoms with E-state index in [0.717, 1.165) is 12.8 Å². The normalized spacial score (nSPS) is 10.7. The molecule has 182 valence electrons. The van der Waals surface area contributed by atoms with Crippen molar-refractivity contribution >= 4 is 17.7 Å². The number of ether oxygens (including phenoxy) is 1. The average Bonchev–Trinajstić information content (AvgIpc) is 2.77. The van der Waals surface area contributed by atoms with Crippen LogP contribution in [0.1, 0.15) is 117 Å². The van der Waals surface area contributed by atoms with Crippen molar-refractivity contribution in [3.05, 3.63) is 24.3 Å². The van der Waals surface area contributed by atoms with Gasteiger partial charge < -0.3 is 15.4 Å². The molecular weight excluding hydrogens is 400 g/mol. The molecule has 0 aromatic heterocycles. The summed E-state index contributed by atoms with van der Waals surface area (Å²) in [5, 5.41) is 5.68. The Morgan fingerprint density at radius 3 is 1.56 bits per heavy atom. The number of carbonyl (C=O) groups excluding carboxylic acids is 2. The highest BCUT2D eigenvalue weighted by atomic mass is 16.5. The number of anilines is 1. The maximum absolute atomic E-state index is 11.9. The van der Waals surface area contributed by atoms with Gasteiger partial charge in [0.05, 0.1) is 0 Å². The highest BCUT2D eigenvalue weighted by Gasteiger charge is 2.03. The zero-order valence-electron chi connectivity index (χ0n) is 20.6. The minimum Gasteiger partial charge on any atom is -0.427 e. The van der Waals surface area contributed by atoms with Crippen LogP contribution < -0.4 is 15.4 Å². The highest BCUT2D eigenvalue weighted by Crippen LogP contribution is 2.16. The molecule has 5 nitrogen and oxygen atoms in total. The number of nitrogens with one attached hydrogen (secondary N) is 2. The predicted molar refractivity (Wildman–Crippen MR) is 134 cm³/mol. The Labute approximate surface area is 196 Å². The Kier molecular flexibility index (Phi) is 17.2. The lowest BCUT2D eigenvalue weighted by atomic mass is 10.0. The second kappa shape index (κ2) is 19.6. The van der Waals surface area contributed by atoms with Crippen LogP contribution in [-0.4, -0.2) is 18.5 Å². The molecule has 0 fully saturated rings. The number of unbranched alkanes of at least 4 members (excludes halogenated alkanes) is 15. The SMILES string of the molecule is CCCCCCCCCCCCCCCCCCNC(=O)Nc1ccc(OC(C)=O)cc1. The highest BCUT2D eigenvalue weighted by molar-refractivity contribution is 5.89. The van der Waals surface area contributed by atoms with Gasteiger partial charge in [-0.25, -0.2) is 4.79 Å². The Balaban J connectivity index is 1.85. The van der Waals surface area contributed by atoms with E-state index in [1.54, 1.807) is 24.3 Å². The molecule has 2 N–H and O–H groups in total. The van der Waals surface area contributed by atoms with Crippen LogP contribution in [-0.2, 0) is 4.79 Å². The molecule has 32 heavy (non-hydrogen) atoms. The van der Waals surface area contributed by atoms with Crippen LogP contribution in [0.2, 0.25) is 0 Å². The molecule has 1 rings (SSSR count). The van der Waals surface area contributed by atoms with Gasteiger partial charge in [0.2, 0.25) is 0 Å². The van der Waals surface area contributed by atoms with Crippen molar-refractivity contribution in [2.45, 2.75) is 117 Å². The molecule has 0 aliphatic heterocycles. The first-order valence-electron chi connectivity index (χ1n) is 12.9. The van der Waals surface area contributed by atoms with Crippen molar-refractivity contribution in [2.75, 3.05) is 11.9 Å². The van der Waals surface area contributed by atoms with E-state index in [1.807, 2.05) is 0 Å². The van der Waals surface area contributed by atoms with E-state index in [-0.39, 0.29) is 12.0 Å². The van der Waals surface area contributed by atoms with E-state index >= 15 is 0 Å². The van der Waals surface area contributed by atoms with Gasteiger partial charge in [-0.3, -0.25) is 4.79 Å². The topological polar surface area (TPSA) is 67.4 Å². The van der Waals surface area contributed by atoms with Crippen LogP contribution in [0.4, 0.5) is 10.5 Å². The molecule has 0 radical (unpaired) electrons. The summed E-state index contributed by atoms with van der Waals surface area (Å²) in [6.45, 7) is 4.33. The number of rotatable bonds is 19. The van der Waals surface area contributed by atoms with Gasteiger partial charge in [-0.05, 0) is 30.7 Å². The summed E-state index contributed by atoms with van der Waals surface area (Å²) in [6.07, 6.45) is 21.5. The van der Waals surface area contributed by atoms with Crippen molar-refractivity contribution in [1.29, 1.82) is 0 Å². The molecule has 0 bridgehead atoms. The van der Waals surface area contributed by atoms with Gasteiger partial charge in [0.1, 0.15) is 5.75 Å². The van der Waals surface area contributed by atoms with E-state index in [4.69, 9.17) is 4.74 Å². The molecule has 0 aliphatic carbocycles. The van der Waals surface area contributed by atoms with E-state index < -0.39 is 0 Å². The van der Waals surface area contributed by atoms with E-state index in [1.165, 1.54) is 96.8 Å². The zero-order chi connectivity index (χ0) is 23.3. The van der Waals surface area contributed by atoms with Crippen LogP contribution in [0.15, 0.2) is 24.3 Å². The fourth-order valence-electron chi connectivity index (χ4n) is 3.82. The molecule has 1 aromatic carbocycles. The molecule has 0 heterocycles. The Hall–Kier alpha value is -2.04. The van der Waals surface area contributed by atoms with Gasteiger partial charge in [-0.2, -0.15) is 0 Å². The molecule has 1 aromatic rings. The number of amides is 2. The van der Waals surface area contributed by atoms with E-state index in [2.05, 4.69) is 17.6 Å². The number of benzene rings is 1. The monoisotopic (exact) mass is 446 g/mol. The number of hydrogen-bond acceptors (Lipinski definition) is 3. The summed E-state index contributed by atoms with van der Waals surface area (Å²) in [7, 11) is 0. The lowest BCUT2D eigenvalue weighted by molar-refractivity contribution is -0.131. The van der Waals surface area contributed by atoms with Crippen LogP contribution >= 0.6 is 0 Å². The molecule has 0 spiro atoms. The summed E-state index contributed by atoms with van der Waals surface area (Å²) in [5.74, 6) is 0.110. The summed E-state index contributed by atoms with van der Waals surface area (Å²) < 4.78 is 4.97. The van der Waals surface area contributed by atoms with Crippen molar-refractivity contribution in [2.24, 2.45) is 0 Å². The molecular formula is C27H46N2O3. The zero-order valence-corrected chi connectivity index (χ0v) is 20.6. The minimum absolute atomic E-state index is 0.203. The van der Waals surface area contributed by atoms with Crippen LogP contribution in [0.5, 0.6) is 5.75 Å². The van der Waals surface area contributed by atoms with Gasteiger partial charge >= 0.3 is 12.0 Å². The van der Waals surface area contributed by atoms with Crippen molar-refractivity contribution in [1.82, 2.24) is 5.32 Å². The maximum atomic E-state index is 11.9. The Morgan fingerprint density at radius 1 is 0.688 bits per heavy atom. The first kappa shape index (κ1) is 28.0. The average molecular weight is 447 g/mol. The Morgan fingerprint density at radius 2 is 1.12 bits per heavy atom. The molecule has 5 heteroatoms. The summed E-state index contributed by atoms with van der Waals surface area (Å²) >= 11 is 0. The van der Waals surface area contributed by atoms with Crippen LogP contribution in [0.25, 0.3) is 0 Å². The maximum Gasteiger partial charge on any atom is 0.319 e. The van der Waals surface area contributed by atoms with Crippen molar-refractivity contribution in [3.63, 3.8) is 0 Å². The van der Waals surface area contributed by atoms with E-state index in [0.29, 0.717) is 18.0 Å². The molecule has 2 amide bonds. The van der Waals surface area contributed by atoms with Gasteiger partial charge in [0.25, 0.3) is 0 Å². The minimum atomic E-state index is -0.359. The van der Waals surface area contributed by atoms with Crippen LogP contribution in [0, 0.1) is 0 Å². The summed E-state index contributed by atoms with van der Waals surface area (Å²) in [5.41, 5.74) is 0.672. The number of urea groups is 1. The van der Waals surface area contributed by atoms with E-state index in [9.17, 15) is 9.59 Å². The third-order valence-corrected chi connectivity index (χ3v) is 5.69. The third kappa shape index (κ3) is 16.6. The molecule has 0 saturated heterocycles. The first-order valence-corrected chi connectivity index (χ1v) is 12.9. The number of esters is 1. The second-order valence-corrected chi connectivity index (χ2v) is 8.80. The molecule has 0 atom stereocenters. The fourth-order valence-corrected chi connectivity index (χ4v) is 3.82. The summed E-state index contributed by atoms with van der Waals surface area (Å²) in [4.78, 5) is 22.8. The lowest BCUT2D eigenvalue weighted by Gasteiger charge is -2.08. The molecule has 0 saturated carbocycles. The smallest absolute Gasteiger partial charge is 0.319 e. The van der Waals surface area contributed by atoms with Gasteiger partial charge in [0.15, 0.2) is 0 Å². The number of carbonyl (C=O) groups is 2. The van der Waals surface area contributed by atoms with Crippen LogP contribution in [0.3, 0.4) is 0 Å². The fraction of sp³-hybridized carbons (Fsp3) is 0.704. The number of hydrogen-bond donors (Lipinski definition) is 2. The molecule has 0 aliphatic rings.